The third-order valence-electron chi connectivity index (χ3n) is 4.60. The zero-order valence-corrected chi connectivity index (χ0v) is 14.3. The maximum absolute atomic E-state index is 12.4. The third-order valence-corrected chi connectivity index (χ3v) is 4.60. The summed E-state index contributed by atoms with van der Waals surface area (Å²) in [6.07, 6.45) is 5.26. The first kappa shape index (κ1) is 16.7. The van der Waals surface area contributed by atoms with Crippen LogP contribution in [0, 0.1) is 0 Å². The Hall–Kier alpha value is -3.74. The Morgan fingerprint density at radius 2 is 1.52 bits per heavy atom. The molecule has 0 spiro atoms. The van der Waals surface area contributed by atoms with Crippen molar-refractivity contribution in [3.63, 3.8) is 0 Å². The van der Waals surface area contributed by atoms with E-state index in [0.29, 0.717) is 5.69 Å². The van der Waals surface area contributed by atoms with E-state index in [2.05, 4.69) is 10.3 Å². The van der Waals surface area contributed by atoms with E-state index in [-0.39, 0.29) is 16.9 Å². The number of carbonyl (C=O) groups is 2. The van der Waals surface area contributed by atoms with Crippen LogP contribution in [-0.4, -0.2) is 21.4 Å². The predicted octanol–water partition coefficient (Wildman–Crippen LogP) is 1.48. The van der Waals surface area contributed by atoms with Crippen molar-refractivity contribution >= 4 is 17.6 Å². The van der Waals surface area contributed by atoms with E-state index in [1.165, 1.54) is 10.1 Å². The fraction of sp³-hybridized carbons (Fsp3) is 0.100. The molecule has 3 heterocycles. The molecule has 0 saturated carbocycles. The average Bonchev–Trinajstić information content (AvgIpc) is 2.95. The zero-order chi connectivity index (χ0) is 19.0. The number of hydrogen-bond donors (Lipinski definition) is 2. The number of hydrogen-bond acceptors (Lipinski definition) is 5. The van der Waals surface area contributed by atoms with Gasteiger partial charge in [0.1, 0.15) is 5.82 Å². The number of anilines is 1. The highest BCUT2D eigenvalue weighted by atomic mass is 16.2. The number of pyridine rings is 2. The summed E-state index contributed by atoms with van der Waals surface area (Å²) < 4.78 is 1.24. The number of fused-ring (bicyclic) bond motifs is 1. The summed E-state index contributed by atoms with van der Waals surface area (Å²) in [5.41, 5.74) is 8.49. The predicted molar refractivity (Wildman–Crippen MR) is 99.9 cm³/mol. The van der Waals surface area contributed by atoms with Crippen molar-refractivity contribution in [1.82, 2.24) is 14.9 Å². The van der Waals surface area contributed by atoms with Gasteiger partial charge in [-0.3, -0.25) is 29.3 Å². The van der Waals surface area contributed by atoms with E-state index >= 15 is 0 Å². The molecule has 0 unspecified atom stereocenters. The molecule has 4 rings (SSSR count). The number of imide groups is 1. The van der Waals surface area contributed by atoms with Gasteiger partial charge in [0.2, 0.25) is 0 Å². The summed E-state index contributed by atoms with van der Waals surface area (Å²) in [5.74, 6) is -1.22. The molecular weight excluding hydrogens is 344 g/mol. The Kier molecular flexibility index (Phi) is 4.04. The molecule has 0 fully saturated rings. The van der Waals surface area contributed by atoms with Crippen molar-refractivity contribution in [3.8, 4) is 5.69 Å². The summed E-state index contributed by atoms with van der Waals surface area (Å²) in [6.45, 7) is 0. The van der Waals surface area contributed by atoms with Crippen LogP contribution in [0.25, 0.3) is 5.69 Å². The summed E-state index contributed by atoms with van der Waals surface area (Å²) in [5, 5.41) is 2.16. The first-order valence-electron chi connectivity index (χ1n) is 8.44. The van der Waals surface area contributed by atoms with Crippen molar-refractivity contribution in [1.29, 1.82) is 0 Å². The van der Waals surface area contributed by atoms with Crippen molar-refractivity contribution in [3.05, 3.63) is 87.5 Å². The van der Waals surface area contributed by atoms with E-state index in [1.54, 1.807) is 24.5 Å². The fourth-order valence-electron chi connectivity index (χ4n) is 3.20. The molecule has 1 aliphatic rings. The van der Waals surface area contributed by atoms with Crippen LogP contribution in [0.2, 0.25) is 0 Å². The number of aromatic nitrogens is 2. The molecule has 3 N–H and O–H groups in total. The van der Waals surface area contributed by atoms with Gasteiger partial charge in [0.15, 0.2) is 0 Å². The topological polar surface area (TPSA) is 107 Å². The van der Waals surface area contributed by atoms with Crippen LogP contribution in [0.5, 0.6) is 0 Å². The Bertz CT molecular complexity index is 1100. The lowest BCUT2D eigenvalue weighted by molar-refractivity contribution is 0.0880. The monoisotopic (exact) mass is 360 g/mol. The van der Waals surface area contributed by atoms with E-state index in [4.69, 9.17) is 5.73 Å². The first-order valence-corrected chi connectivity index (χ1v) is 8.44. The average molecular weight is 360 g/mol. The largest absolute Gasteiger partial charge is 0.384 e. The third kappa shape index (κ3) is 2.99. The van der Waals surface area contributed by atoms with E-state index in [0.717, 1.165) is 24.5 Å². The van der Waals surface area contributed by atoms with Crippen LogP contribution in [-0.2, 0) is 12.8 Å². The fourth-order valence-corrected chi connectivity index (χ4v) is 3.20. The van der Waals surface area contributed by atoms with Crippen LogP contribution in [0.4, 0.5) is 5.82 Å². The summed E-state index contributed by atoms with van der Waals surface area (Å²) in [6, 6.07) is 12.5. The second-order valence-electron chi connectivity index (χ2n) is 6.30. The number of carbonyl (C=O) groups excluding carboxylic acids is 2. The summed E-state index contributed by atoms with van der Waals surface area (Å²) in [7, 11) is 0. The van der Waals surface area contributed by atoms with Crippen LogP contribution >= 0.6 is 0 Å². The number of nitrogens with two attached hydrogens (primary N) is 1. The molecule has 0 bridgehead atoms. The molecule has 0 radical (unpaired) electrons. The van der Waals surface area contributed by atoms with Gasteiger partial charge in [-0.15, -0.1) is 0 Å². The Morgan fingerprint density at radius 1 is 0.889 bits per heavy atom. The second kappa shape index (κ2) is 6.53. The van der Waals surface area contributed by atoms with Crippen molar-refractivity contribution in [2.24, 2.45) is 0 Å². The SMILES string of the molecule is Nc1c2c(cc(=O)n1-c1ccc(CCc3ccncc3)cc1)C(=O)NC2=O. The Morgan fingerprint density at radius 3 is 2.19 bits per heavy atom. The van der Waals surface area contributed by atoms with E-state index in [1.807, 2.05) is 24.3 Å². The molecule has 3 aromatic rings. The maximum atomic E-state index is 12.4. The number of nitrogens with zero attached hydrogens (tertiary/aromatic N) is 2. The molecule has 2 amide bonds. The Labute approximate surface area is 154 Å². The van der Waals surface area contributed by atoms with Gasteiger partial charge in [0.05, 0.1) is 16.8 Å². The second-order valence-corrected chi connectivity index (χ2v) is 6.30. The molecular formula is C20H16N4O3. The van der Waals surface area contributed by atoms with Gasteiger partial charge in [0, 0.05) is 18.5 Å². The first-order chi connectivity index (χ1) is 13.0. The number of benzene rings is 1. The van der Waals surface area contributed by atoms with Gasteiger partial charge in [-0.25, -0.2) is 0 Å². The summed E-state index contributed by atoms with van der Waals surface area (Å²) in [4.78, 5) is 40.1. The maximum Gasteiger partial charge on any atom is 0.262 e. The van der Waals surface area contributed by atoms with Gasteiger partial charge in [-0.2, -0.15) is 0 Å². The van der Waals surface area contributed by atoms with E-state index < -0.39 is 17.4 Å². The molecule has 0 aliphatic carbocycles. The van der Waals surface area contributed by atoms with Crippen LogP contribution < -0.4 is 16.6 Å². The minimum absolute atomic E-state index is 0.0210. The van der Waals surface area contributed by atoms with Gasteiger partial charge in [0.25, 0.3) is 17.4 Å². The zero-order valence-electron chi connectivity index (χ0n) is 14.3. The van der Waals surface area contributed by atoms with Crippen molar-refractivity contribution in [2.45, 2.75) is 12.8 Å². The molecule has 7 nitrogen and oxygen atoms in total. The Balaban J connectivity index is 1.63. The molecule has 27 heavy (non-hydrogen) atoms. The van der Waals surface area contributed by atoms with Crippen LogP contribution in [0.1, 0.15) is 31.8 Å². The molecule has 1 aliphatic heterocycles. The normalized spacial score (nSPS) is 12.7. The highest BCUT2D eigenvalue weighted by molar-refractivity contribution is 6.23. The minimum atomic E-state index is -0.600. The summed E-state index contributed by atoms with van der Waals surface area (Å²) >= 11 is 0. The lowest BCUT2D eigenvalue weighted by Gasteiger charge is -2.12. The van der Waals surface area contributed by atoms with Crippen molar-refractivity contribution in [2.75, 3.05) is 5.73 Å². The highest BCUT2D eigenvalue weighted by Gasteiger charge is 2.31. The minimum Gasteiger partial charge on any atom is -0.384 e. The van der Waals surface area contributed by atoms with E-state index in [9.17, 15) is 14.4 Å². The number of nitrogen functional groups attached to an aromatic ring is 1. The molecule has 7 heteroatoms. The van der Waals surface area contributed by atoms with Gasteiger partial charge >= 0.3 is 0 Å². The molecule has 2 aromatic heterocycles. The molecule has 0 atom stereocenters. The smallest absolute Gasteiger partial charge is 0.262 e. The number of amides is 2. The van der Waals surface area contributed by atoms with Gasteiger partial charge < -0.3 is 5.73 Å². The van der Waals surface area contributed by atoms with Crippen molar-refractivity contribution < 1.29 is 9.59 Å². The lowest BCUT2D eigenvalue weighted by atomic mass is 10.0. The van der Waals surface area contributed by atoms with Gasteiger partial charge in [-0.1, -0.05) is 12.1 Å². The molecule has 1 aromatic carbocycles. The molecule has 134 valence electrons. The lowest BCUT2D eigenvalue weighted by Crippen LogP contribution is -2.24. The molecule has 0 saturated heterocycles. The highest BCUT2D eigenvalue weighted by Crippen LogP contribution is 2.23. The van der Waals surface area contributed by atoms with Gasteiger partial charge in [-0.05, 0) is 48.2 Å². The van der Waals surface area contributed by atoms with Crippen LogP contribution in [0.15, 0.2) is 59.7 Å². The van der Waals surface area contributed by atoms with Crippen LogP contribution in [0.3, 0.4) is 0 Å². The standard InChI is InChI=1S/C20H16N4O3/c21-18-17-15(19(26)23-20(17)27)11-16(25)24(18)14-5-3-12(4-6-14)1-2-13-7-9-22-10-8-13/h3-11H,1-2,21H2,(H,23,26,27). The number of aryl methyl sites for hydroxylation is 2. The number of rotatable bonds is 4. The quantitative estimate of drug-likeness (QED) is 0.686. The number of nitrogens with one attached hydrogen (secondary N) is 1.